The van der Waals surface area contributed by atoms with Crippen molar-refractivity contribution in [3.63, 3.8) is 0 Å². The molecule has 5 nitrogen and oxygen atoms in total. The van der Waals surface area contributed by atoms with Gasteiger partial charge in [-0.1, -0.05) is 25.0 Å². The van der Waals surface area contributed by atoms with Crippen molar-refractivity contribution < 1.29 is 23.7 Å². The zero-order chi connectivity index (χ0) is 20.8. The van der Waals surface area contributed by atoms with Crippen LogP contribution in [0.3, 0.4) is 0 Å². The molecule has 4 N–H and O–H groups in total. The summed E-state index contributed by atoms with van der Waals surface area (Å²) in [5.74, 6) is -2.27. The van der Waals surface area contributed by atoms with Crippen LogP contribution in [-0.4, -0.2) is 24.4 Å². The predicted octanol–water partition coefficient (Wildman–Crippen LogP) is 2.90. The first-order chi connectivity index (χ1) is 13.9. The van der Waals surface area contributed by atoms with Crippen molar-refractivity contribution in [3.05, 3.63) is 65.2 Å². The van der Waals surface area contributed by atoms with E-state index >= 15 is 0 Å². The van der Waals surface area contributed by atoms with Gasteiger partial charge in [0.15, 0.2) is 18.2 Å². The Bertz CT molecular complexity index is 882. The fourth-order valence-electron chi connectivity index (χ4n) is 3.54. The highest BCUT2D eigenvalue weighted by Gasteiger charge is 2.20. The molecule has 1 aliphatic rings. The molecule has 3 rings (SSSR count). The second-order valence-electron chi connectivity index (χ2n) is 7.45. The first-order valence-electron chi connectivity index (χ1n) is 9.92. The van der Waals surface area contributed by atoms with E-state index in [1.807, 2.05) is 6.92 Å². The lowest BCUT2D eigenvalue weighted by atomic mass is 10.1. The molecular formula is C22H26F2N3O2+. The Morgan fingerprint density at radius 1 is 1.10 bits per heavy atom. The molecule has 0 bridgehead atoms. The van der Waals surface area contributed by atoms with Crippen molar-refractivity contribution in [1.29, 1.82) is 0 Å². The molecule has 0 saturated heterocycles. The summed E-state index contributed by atoms with van der Waals surface area (Å²) in [6.45, 7) is 1.89. The van der Waals surface area contributed by atoms with E-state index in [-0.39, 0.29) is 30.4 Å². The first kappa shape index (κ1) is 20.9. The normalized spacial score (nSPS) is 15.1. The predicted molar refractivity (Wildman–Crippen MR) is 106 cm³/mol. The molecule has 2 aromatic carbocycles. The minimum Gasteiger partial charge on any atom is -0.349 e. The number of nitrogens with one attached hydrogen (secondary N) is 2. The van der Waals surface area contributed by atoms with Crippen molar-refractivity contribution >= 4 is 17.5 Å². The van der Waals surface area contributed by atoms with Crippen LogP contribution in [0.5, 0.6) is 0 Å². The maximum absolute atomic E-state index is 13.4. The van der Waals surface area contributed by atoms with Gasteiger partial charge in [0, 0.05) is 11.6 Å². The second kappa shape index (κ2) is 9.60. The van der Waals surface area contributed by atoms with E-state index in [4.69, 9.17) is 0 Å². The van der Waals surface area contributed by atoms with Crippen LogP contribution in [0, 0.1) is 11.6 Å². The summed E-state index contributed by atoms with van der Waals surface area (Å²) < 4.78 is 26.5. The van der Waals surface area contributed by atoms with Crippen LogP contribution in [-0.2, 0) is 4.79 Å². The highest BCUT2D eigenvalue weighted by atomic mass is 19.2. The van der Waals surface area contributed by atoms with Gasteiger partial charge in [-0.3, -0.25) is 9.59 Å². The van der Waals surface area contributed by atoms with Gasteiger partial charge in [-0.25, -0.2) is 8.78 Å². The molecule has 1 atom stereocenters. The van der Waals surface area contributed by atoms with Crippen LogP contribution < -0.4 is 16.0 Å². The van der Waals surface area contributed by atoms with Gasteiger partial charge in [-0.15, -0.1) is 0 Å². The summed E-state index contributed by atoms with van der Waals surface area (Å²) >= 11 is 0. The number of rotatable bonds is 7. The average Bonchev–Trinajstić information content (AvgIpc) is 3.21. The molecule has 0 aliphatic heterocycles. The summed E-state index contributed by atoms with van der Waals surface area (Å²) in [5.41, 5.74) is 1.48. The summed E-state index contributed by atoms with van der Waals surface area (Å²) in [5, 5.41) is 7.53. The smallest absolute Gasteiger partial charge is 0.279 e. The fraction of sp³-hybridized carbons (Fsp3) is 0.364. The number of halogens is 2. The summed E-state index contributed by atoms with van der Waals surface area (Å²) in [4.78, 5) is 25.0. The monoisotopic (exact) mass is 402 g/mol. The number of benzene rings is 2. The minimum absolute atomic E-state index is 0.0821. The number of hydrogen-bond donors (Lipinski definition) is 3. The number of carbonyl (C=O) groups is 2. The number of quaternary nitrogens is 1. The Kier molecular flexibility index (Phi) is 6.93. The van der Waals surface area contributed by atoms with Gasteiger partial charge in [0.1, 0.15) is 6.04 Å². The molecule has 1 aliphatic carbocycles. The number of para-hydroxylation sites is 1. The molecule has 2 amide bonds. The number of carbonyl (C=O) groups excluding carboxylic acids is 2. The highest BCUT2D eigenvalue weighted by Crippen LogP contribution is 2.20. The molecule has 154 valence electrons. The van der Waals surface area contributed by atoms with Crippen molar-refractivity contribution in [2.45, 2.75) is 44.7 Å². The third-order valence-corrected chi connectivity index (χ3v) is 5.26. The van der Waals surface area contributed by atoms with E-state index in [1.54, 1.807) is 29.6 Å². The molecule has 0 spiro atoms. The van der Waals surface area contributed by atoms with Crippen LogP contribution >= 0.6 is 0 Å². The quantitative estimate of drug-likeness (QED) is 0.666. The third kappa shape index (κ3) is 5.60. The lowest BCUT2D eigenvalue weighted by Gasteiger charge is -2.15. The average molecular weight is 402 g/mol. The van der Waals surface area contributed by atoms with Crippen LogP contribution in [0.15, 0.2) is 42.5 Å². The standard InChI is InChI=1S/C22H25F2N3O2/c1-14(15-10-11-18(23)19(24)12-15)25-13-21(28)27-20-9-5-4-8-17(20)22(29)26-16-6-2-3-7-16/h4-5,8-12,14,16,25H,2-3,6-7,13H2,1H3,(H,26,29)(H,27,28)/p+1/t14-/m1/s1. The molecule has 2 aromatic rings. The van der Waals surface area contributed by atoms with E-state index < -0.39 is 11.6 Å². The van der Waals surface area contributed by atoms with Crippen LogP contribution in [0.2, 0.25) is 0 Å². The van der Waals surface area contributed by atoms with Gasteiger partial charge in [0.25, 0.3) is 11.8 Å². The van der Waals surface area contributed by atoms with E-state index in [2.05, 4.69) is 10.6 Å². The summed E-state index contributed by atoms with van der Waals surface area (Å²) in [6, 6.07) is 10.6. The Morgan fingerprint density at radius 2 is 1.83 bits per heavy atom. The summed E-state index contributed by atoms with van der Waals surface area (Å²) in [6.07, 6.45) is 4.21. The van der Waals surface area contributed by atoms with E-state index in [9.17, 15) is 18.4 Å². The molecule has 29 heavy (non-hydrogen) atoms. The van der Waals surface area contributed by atoms with Crippen molar-refractivity contribution in [3.8, 4) is 0 Å². The molecule has 0 radical (unpaired) electrons. The molecule has 0 unspecified atom stereocenters. The molecule has 7 heteroatoms. The van der Waals surface area contributed by atoms with Gasteiger partial charge in [0.05, 0.1) is 11.3 Å². The maximum Gasteiger partial charge on any atom is 0.279 e. The van der Waals surface area contributed by atoms with E-state index in [0.29, 0.717) is 16.8 Å². The van der Waals surface area contributed by atoms with Crippen LogP contribution in [0.4, 0.5) is 14.5 Å². The van der Waals surface area contributed by atoms with Gasteiger partial charge < -0.3 is 16.0 Å². The molecule has 1 fully saturated rings. The lowest BCUT2D eigenvalue weighted by Crippen LogP contribution is -2.86. The molecular weight excluding hydrogens is 376 g/mol. The number of anilines is 1. The summed E-state index contributed by atoms with van der Waals surface area (Å²) in [7, 11) is 0. The zero-order valence-electron chi connectivity index (χ0n) is 16.4. The topological polar surface area (TPSA) is 74.8 Å². The Morgan fingerprint density at radius 3 is 2.55 bits per heavy atom. The second-order valence-corrected chi connectivity index (χ2v) is 7.45. The Labute approximate surface area is 168 Å². The number of amides is 2. The van der Waals surface area contributed by atoms with Gasteiger partial charge >= 0.3 is 0 Å². The Balaban J connectivity index is 1.57. The fourth-order valence-corrected chi connectivity index (χ4v) is 3.54. The van der Waals surface area contributed by atoms with Gasteiger partial charge in [0.2, 0.25) is 0 Å². The minimum atomic E-state index is -0.908. The molecule has 0 heterocycles. The largest absolute Gasteiger partial charge is 0.349 e. The van der Waals surface area contributed by atoms with Crippen molar-refractivity contribution in [2.24, 2.45) is 0 Å². The van der Waals surface area contributed by atoms with E-state index in [1.165, 1.54) is 6.07 Å². The number of hydrogen-bond acceptors (Lipinski definition) is 2. The highest BCUT2D eigenvalue weighted by molar-refractivity contribution is 6.04. The Hall–Kier alpha value is -2.80. The molecule has 1 saturated carbocycles. The maximum atomic E-state index is 13.4. The SMILES string of the molecule is C[C@@H]([NH2+]CC(=O)Nc1ccccc1C(=O)NC1CCCC1)c1ccc(F)c(F)c1. The molecule has 0 aromatic heterocycles. The van der Waals surface area contributed by atoms with Gasteiger partial charge in [-0.05, 0) is 50.1 Å². The van der Waals surface area contributed by atoms with Crippen molar-refractivity contribution in [2.75, 3.05) is 11.9 Å². The van der Waals surface area contributed by atoms with Crippen LogP contribution in [0.25, 0.3) is 0 Å². The lowest BCUT2D eigenvalue weighted by molar-refractivity contribution is -0.682. The third-order valence-electron chi connectivity index (χ3n) is 5.26. The first-order valence-corrected chi connectivity index (χ1v) is 9.92. The van der Waals surface area contributed by atoms with E-state index in [0.717, 1.165) is 37.8 Å². The zero-order valence-corrected chi connectivity index (χ0v) is 16.4. The van der Waals surface area contributed by atoms with Gasteiger partial charge in [-0.2, -0.15) is 0 Å². The number of nitrogens with two attached hydrogens (primary N) is 1. The van der Waals surface area contributed by atoms with Crippen LogP contribution in [0.1, 0.15) is 54.6 Å². The van der Waals surface area contributed by atoms with Crippen molar-refractivity contribution in [1.82, 2.24) is 5.32 Å².